The molecule has 30 heavy (non-hydrogen) atoms. The van der Waals surface area contributed by atoms with Gasteiger partial charge < -0.3 is 15.4 Å². The van der Waals surface area contributed by atoms with Gasteiger partial charge in [0.25, 0.3) is 0 Å². The quantitative estimate of drug-likeness (QED) is 0.552. The first kappa shape index (κ1) is 21.3. The first-order chi connectivity index (χ1) is 14.5. The Morgan fingerprint density at radius 2 is 1.73 bits per heavy atom. The van der Waals surface area contributed by atoms with E-state index in [0.717, 1.165) is 12.1 Å². The third-order valence-electron chi connectivity index (χ3n) is 4.84. The van der Waals surface area contributed by atoms with Crippen molar-refractivity contribution in [2.45, 2.75) is 33.0 Å². The summed E-state index contributed by atoms with van der Waals surface area (Å²) in [6.07, 6.45) is 3.34. The molecule has 6 nitrogen and oxygen atoms in total. The Hall–Kier alpha value is -3.38. The van der Waals surface area contributed by atoms with Gasteiger partial charge in [0.1, 0.15) is 11.5 Å². The first-order valence-electron chi connectivity index (χ1n) is 10.0. The summed E-state index contributed by atoms with van der Waals surface area (Å²) < 4.78 is 5.79. The van der Waals surface area contributed by atoms with Gasteiger partial charge in [-0.2, -0.15) is 0 Å². The summed E-state index contributed by atoms with van der Waals surface area (Å²) in [7, 11) is 2.10. The standard InChI is InChI=1S/C24H28N4O2/c1-18(2)28(3)17-20-8-5-4-7-19(20)16-26-24(29)27-21-9-6-10-23(15-21)30-22-11-13-25-14-12-22/h4-15,18H,16-17H2,1-3H3,(H2,26,27,29). The van der Waals surface area contributed by atoms with Crippen molar-refractivity contribution in [2.75, 3.05) is 12.4 Å². The predicted octanol–water partition coefficient (Wildman–Crippen LogP) is 5.04. The van der Waals surface area contributed by atoms with Crippen LogP contribution in [0.5, 0.6) is 11.5 Å². The molecule has 0 saturated carbocycles. The molecule has 156 valence electrons. The van der Waals surface area contributed by atoms with Gasteiger partial charge in [-0.3, -0.25) is 9.88 Å². The minimum absolute atomic E-state index is 0.261. The van der Waals surface area contributed by atoms with Crippen molar-refractivity contribution in [3.8, 4) is 11.5 Å². The van der Waals surface area contributed by atoms with Gasteiger partial charge in [-0.25, -0.2) is 4.79 Å². The smallest absolute Gasteiger partial charge is 0.319 e. The lowest BCUT2D eigenvalue weighted by atomic mass is 10.1. The number of carbonyl (C=O) groups excluding carboxylic acids is 1. The third kappa shape index (κ3) is 6.32. The molecule has 6 heteroatoms. The normalized spacial score (nSPS) is 10.8. The van der Waals surface area contributed by atoms with Crippen LogP contribution in [0.15, 0.2) is 73.1 Å². The molecular formula is C24H28N4O2. The van der Waals surface area contributed by atoms with Crippen LogP contribution < -0.4 is 15.4 Å². The molecule has 2 N–H and O–H groups in total. The SMILES string of the molecule is CC(C)N(C)Cc1ccccc1CNC(=O)Nc1cccc(Oc2ccncc2)c1. The van der Waals surface area contributed by atoms with Crippen molar-refractivity contribution in [1.82, 2.24) is 15.2 Å². The molecule has 1 heterocycles. The lowest BCUT2D eigenvalue weighted by molar-refractivity contribution is 0.251. The first-order valence-corrected chi connectivity index (χ1v) is 10.0. The average molecular weight is 405 g/mol. The molecule has 0 bridgehead atoms. The zero-order valence-corrected chi connectivity index (χ0v) is 17.6. The number of nitrogens with zero attached hydrogens (tertiary/aromatic N) is 2. The maximum atomic E-state index is 12.4. The highest BCUT2D eigenvalue weighted by atomic mass is 16.5. The summed E-state index contributed by atoms with van der Waals surface area (Å²) in [5, 5.41) is 5.81. The fourth-order valence-corrected chi connectivity index (χ4v) is 2.87. The van der Waals surface area contributed by atoms with Crippen LogP contribution in [-0.4, -0.2) is 29.0 Å². The van der Waals surface area contributed by atoms with E-state index in [9.17, 15) is 4.79 Å². The van der Waals surface area contributed by atoms with Gasteiger partial charge in [0.15, 0.2) is 0 Å². The highest BCUT2D eigenvalue weighted by molar-refractivity contribution is 5.89. The summed E-state index contributed by atoms with van der Waals surface area (Å²) >= 11 is 0. The van der Waals surface area contributed by atoms with Crippen LogP contribution in [0.2, 0.25) is 0 Å². The van der Waals surface area contributed by atoms with E-state index < -0.39 is 0 Å². The van der Waals surface area contributed by atoms with Gasteiger partial charge in [0, 0.05) is 43.3 Å². The molecule has 0 atom stereocenters. The molecule has 0 fully saturated rings. The van der Waals surface area contributed by atoms with E-state index in [1.807, 2.05) is 36.4 Å². The molecule has 0 unspecified atom stereocenters. The van der Waals surface area contributed by atoms with Gasteiger partial charge in [0.05, 0.1) is 0 Å². The topological polar surface area (TPSA) is 66.5 Å². The second-order valence-corrected chi connectivity index (χ2v) is 7.40. The van der Waals surface area contributed by atoms with Crippen LogP contribution in [0, 0.1) is 0 Å². The van der Waals surface area contributed by atoms with E-state index in [4.69, 9.17) is 4.74 Å². The molecule has 0 aliphatic carbocycles. The van der Waals surface area contributed by atoms with Crippen molar-refractivity contribution in [1.29, 1.82) is 0 Å². The Kier molecular flexibility index (Phi) is 7.40. The Labute approximate surface area is 177 Å². The summed E-state index contributed by atoms with van der Waals surface area (Å²) in [5.74, 6) is 1.33. The van der Waals surface area contributed by atoms with Gasteiger partial charge in [-0.1, -0.05) is 30.3 Å². The lowest BCUT2D eigenvalue weighted by Crippen LogP contribution is -2.30. The molecule has 0 aliphatic heterocycles. The molecule has 0 radical (unpaired) electrons. The van der Waals surface area contributed by atoms with Crippen molar-refractivity contribution in [3.05, 3.63) is 84.2 Å². The zero-order chi connectivity index (χ0) is 21.3. The third-order valence-corrected chi connectivity index (χ3v) is 4.84. The van der Waals surface area contributed by atoms with E-state index in [1.54, 1.807) is 30.6 Å². The van der Waals surface area contributed by atoms with Gasteiger partial charge in [0.2, 0.25) is 0 Å². The van der Waals surface area contributed by atoms with Gasteiger partial charge in [-0.05, 0) is 56.3 Å². The predicted molar refractivity (Wildman–Crippen MR) is 120 cm³/mol. The summed E-state index contributed by atoms with van der Waals surface area (Å²) in [6.45, 7) is 5.63. The number of amides is 2. The molecule has 2 aromatic carbocycles. The number of hydrogen-bond donors (Lipinski definition) is 2. The number of anilines is 1. The summed E-state index contributed by atoms with van der Waals surface area (Å²) in [5.41, 5.74) is 2.98. The van der Waals surface area contributed by atoms with Crippen LogP contribution in [0.3, 0.4) is 0 Å². The number of carbonyl (C=O) groups is 1. The Morgan fingerprint density at radius 1 is 1.00 bits per heavy atom. The number of hydrogen-bond acceptors (Lipinski definition) is 4. The van der Waals surface area contributed by atoms with Crippen molar-refractivity contribution in [3.63, 3.8) is 0 Å². The number of pyridine rings is 1. The average Bonchev–Trinajstić information content (AvgIpc) is 2.74. The maximum Gasteiger partial charge on any atom is 0.319 e. The zero-order valence-electron chi connectivity index (χ0n) is 17.6. The van der Waals surface area contributed by atoms with Crippen molar-refractivity contribution < 1.29 is 9.53 Å². The summed E-state index contributed by atoms with van der Waals surface area (Å²) in [4.78, 5) is 18.7. The monoisotopic (exact) mass is 404 g/mol. The number of benzene rings is 2. The largest absolute Gasteiger partial charge is 0.457 e. The molecular weight excluding hydrogens is 376 g/mol. The van der Waals surface area contributed by atoms with Crippen molar-refractivity contribution in [2.24, 2.45) is 0 Å². The number of aromatic nitrogens is 1. The highest BCUT2D eigenvalue weighted by Crippen LogP contribution is 2.23. The van der Waals surface area contributed by atoms with Crippen molar-refractivity contribution >= 4 is 11.7 Å². The highest BCUT2D eigenvalue weighted by Gasteiger charge is 2.09. The number of ether oxygens (including phenoxy) is 1. The Morgan fingerprint density at radius 3 is 2.47 bits per heavy atom. The van der Waals surface area contributed by atoms with Crippen LogP contribution in [0.1, 0.15) is 25.0 Å². The summed E-state index contributed by atoms with van der Waals surface area (Å²) in [6, 6.07) is 19.2. The molecule has 3 aromatic rings. The molecule has 0 saturated heterocycles. The van der Waals surface area contributed by atoms with Crippen LogP contribution in [0.25, 0.3) is 0 Å². The van der Waals surface area contributed by atoms with E-state index in [0.29, 0.717) is 29.8 Å². The van der Waals surface area contributed by atoms with E-state index in [2.05, 4.69) is 47.5 Å². The minimum atomic E-state index is -0.261. The van der Waals surface area contributed by atoms with E-state index in [1.165, 1.54) is 5.56 Å². The number of rotatable bonds is 8. The number of nitrogens with one attached hydrogen (secondary N) is 2. The van der Waals surface area contributed by atoms with Crippen LogP contribution in [-0.2, 0) is 13.1 Å². The molecule has 0 spiro atoms. The molecule has 1 aromatic heterocycles. The van der Waals surface area contributed by atoms with E-state index >= 15 is 0 Å². The molecule has 2 amide bonds. The van der Waals surface area contributed by atoms with Crippen LogP contribution >= 0.6 is 0 Å². The second-order valence-electron chi connectivity index (χ2n) is 7.40. The Balaban J connectivity index is 1.57. The minimum Gasteiger partial charge on any atom is -0.457 e. The van der Waals surface area contributed by atoms with E-state index in [-0.39, 0.29) is 6.03 Å². The second kappa shape index (κ2) is 10.4. The fraction of sp³-hybridized carbons (Fsp3) is 0.250. The van der Waals surface area contributed by atoms with Gasteiger partial charge >= 0.3 is 6.03 Å². The maximum absolute atomic E-state index is 12.4. The lowest BCUT2D eigenvalue weighted by Gasteiger charge is -2.22. The Bertz CT molecular complexity index is 960. The molecule has 0 aliphatic rings. The van der Waals surface area contributed by atoms with Gasteiger partial charge in [-0.15, -0.1) is 0 Å². The molecule has 3 rings (SSSR count). The van der Waals surface area contributed by atoms with Crippen LogP contribution in [0.4, 0.5) is 10.5 Å². The number of urea groups is 1. The fourth-order valence-electron chi connectivity index (χ4n) is 2.87.